The molecule has 2 aromatic rings. The maximum atomic E-state index is 11.4. The number of benzene rings is 1. The van der Waals surface area contributed by atoms with Gasteiger partial charge in [0.25, 0.3) is 0 Å². The van der Waals surface area contributed by atoms with Gasteiger partial charge in [-0.25, -0.2) is 0 Å². The van der Waals surface area contributed by atoms with Crippen molar-refractivity contribution >= 4 is 21.8 Å². The third kappa shape index (κ3) is 3.20. The predicted octanol–water partition coefficient (Wildman–Crippen LogP) is 2.48. The van der Waals surface area contributed by atoms with Gasteiger partial charge in [0.15, 0.2) is 0 Å². The lowest BCUT2D eigenvalue weighted by Gasteiger charge is -2.07. The van der Waals surface area contributed by atoms with E-state index in [2.05, 4.69) is 31.4 Å². The Morgan fingerprint density at radius 1 is 1.39 bits per heavy atom. The molecule has 1 amide bonds. The Labute approximate surface area is 114 Å². The Bertz CT molecular complexity index is 506. The molecule has 0 spiro atoms. The third-order valence-corrected chi connectivity index (χ3v) is 3.01. The van der Waals surface area contributed by atoms with Crippen LogP contribution in [0.4, 0.5) is 0 Å². The Balaban J connectivity index is 1.98. The summed E-state index contributed by atoms with van der Waals surface area (Å²) in [7, 11) is 0. The summed E-state index contributed by atoms with van der Waals surface area (Å²) >= 11 is 3.23. The fourth-order valence-corrected chi connectivity index (χ4v) is 1.71. The highest BCUT2D eigenvalue weighted by Gasteiger charge is 2.07. The number of halogens is 1. The number of aromatic nitrogens is 2. The number of nitrogens with one attached hydrogen (secondary N) is 2. The first kappa shape index (κ1) is 12.8. The highest BCUT2D eigenvalue weighted by atomic mass is 79.9. The molecule has 0 bridgehead atoms. The van der Waals surface area contributed by atoms with Gasteiger partial charge in [0.05, 0.1) is 10.5 Å². The van der Waals surface area contributed by atoms with Crippen LogP contribution in [0.15, 0.2) is 36.5 Å². The largest absolute Gasteiger partial charge is 0.351 e. The van der Waals surface area contributed by atoms with Gasteiger partial charge in [-0.15, -0.1) is 0 Å². The van der Waals surface area contributed by atoms with Crippen molar-refractivity contribution in [2.45, 2.75) is 18.3 Å². The summed E-state index contributed by atoms with van der Waals surface area (Å²) in [6.45, 7) is 2.34. The highest BCUT2D eigenvalue weighted by molar-refractivity contribution is 9.10. The molecule has 0 aliphatic heterocycles. The molecule has 4 nitrogen and oxygen atoms in total. The van der Waals surface area contributed by atoms with Crippen LogP contribution in [0.2, 0.25) is 0 Å². The fraction of sp³-hybridized carbons (Fsp3) is 0.231. The molecule has 1 aromatic carbocycles. The zero-order chi connectivity index (χ0) is 13.0. The SMILES string of the molecule is CC(Br)C(=O)NCc1ccc(-c2ccn[nH]2)cc1. The van der Waals surface area contributed by atoms with E-state index in [0.29, 0.717) is 6.54 Å². The van der Waals surface area contributed by atoms with Crippen LogP contribution >= 0.6 is 15.9 Å². The third-order valence-electron chi connectivity index (χ3n) is 2.59. The monoisotopic (exact) mass is 307 g/mol. The molecule has 1 heterocycles. The van der Waals surface area contributed by atoms with Crippen molar-refractivity contribution < 1.29 is 4.79 Å². The molecule has 1 aromatic heterocycles. The molecule has 0 aliphatic carbocycles. The first-order chi connectivity index (χ1) is 8.66. The molecule has 0 aliphatic rings. The number of alkyl halides is 1. The lowest BCUT2D eigenvalue weighted by Crippen LogP contribution is -2.28. The summed E-state index contributed by atoms with van der Waals surface area (Å²) < 4.78 is 0. The molecular weight excluding hydrogens is 294 g/mol. The van der Waals surface area contributed by atoms with Crippen molar-refractivity contribution in [2.24, 2.45) is 0 Å². The van der Waals surface area contributed by atoms with E-state index in [9.17, 15) is 4.79 Å². The van der Waals surface area contributed by atoms with Gasteiger partial charge in [-0.1, -0.05) is 40.2 Å². The maximum Gasteiger partial charge on any atom is 0.233 e. The number of carbonyl (C=O) groups is 1. The Kier molecular flexibility index (Phi) is 4.15. The second-order valence-electron chi connectivity index (χ2n) is 4.00. The molecule has 2 rings (SSSR count). The van der Waals surface area contributed by atoms with Gasteiger partial charge in [-0.05, 0) is 24.1 Å². The molecule has 1 unspecified atom stereocenters. The number of amides is 1. The molecule has 1 atom stereocenters. The molecule has 2 N–H and O–H groups in total. The fourth-order valence-electron chi connectivity index (χ4n) is 1.55. The minimum absolute atomic E-state index is 0.00681. The van der Waals surface area contributed by atoms with E-state index >= 15 is 0 Å². The summed E-state index contributed by atoms with van der Waals surface area (Å²) in [5, 5.41) is 9.67. The summed E-state index contributed by atoms with van der Waals surface area (Å²) in [6, 6.07) is 9.92. The van der Waals surface area contributed by atoms with Gasteiger partial charge < -0.3 is 5.32 Å². The number of rotatable bonds is 4. The van der Waals surface area contributed by atoms with Gasteiger partial charge >= 0.3 is 0 Å². The van der Waals surface area contributed by atoms with Crippen LogP contribution in [0.3, 0.4) is 0 Å². The van der Waals surface area contributed by atoms with E-state index in [1.165, 1.54) is 0 Å². The zero-order valence-corrected chi connectivity index (χ0v) is 11.6. The van der Waals surface area contributed by atoms with Crippen molar-refractivity contribution in [3.8, 4) is 11.3 Å². The second-order valence-corrected chi connectivity index (χ2v) is 5.37. The maximum absolute atomic E-state index is 11.4. The minimum atomic E-state index is -0.165. The van der Waals surface area contributed by atoms with E-state index in [1.807, 2.05) is 30.3 Å². The summed E-state index contributed by atoms with van der Waals surface area (Å²) in [4.78, 5) is 11.2. The van der Waals surface area contributed by atoms with Gasteiger partial charge in [0, 0.05) is 12.7 Å². The van der Waals surface area contributed by atoms with Gasteiger partial charge in [0.1, 0.15) is 0 Å². The van der Waals surface area contributed by atoms with Crippen LogP contribution in [-0.4, -0.2) is 20.9 Å². The van der Waals surface area contributed by atoms with Crippen molar-refractivity contribution in [3.63, 3.8) is 0 Å². The Hall–Kier alpha value is -1.62. The van der Waals surface area contributed by atoms with E-state index in [-0.39, 0.29) is 10.7 Å². The van der Waals surface area contributed by atoms with Crippen LogP contribution in [0.25, 0.3) is 11.3 Å². The number of nitrogens with zero attached hydrogens (tertiary/aromatic N) is 1. The van der Waals surface area contributed by atoms with Gasteiger partial charge in [-0.3, -0.25) is 9.89 Å². The van der Waals surface area contributed by atoms with Crippen LogP contribution < -0.4 is 5.32 Å². The first-order valence-corrected chi connectivity index (χ1v) is 6.59. The minimum Gasteiger partial charge on any atom is -0.351 e. The Morgan fingerprint density at radius 3 is 2.67 bits per heavy atom. The summed E-state index contributed by atoms with van der Waals surface area (Å²) in [5.41, 5.74) is 3.14. The van der Waals surface area contributed by atoms with E-state index < -0.39 is 0 Å². The molecule has 0 saturated carbocycles. The van der Waals surface area contributed by atoms with Gasteiger partial charge in [0.2, 0.25) is 5.91 Å². The number of hydrogen-bond donors (Lipinski definition) is 2. The summed E-state index contributed by atoms with van der Waals surface area (Å²) in [5.74, 6) is -0.00681. The molecule has 0 fully saturated rings. The Morgan fingerprint density at radius 2 is 2.11 bits per heavy atom. The predicted molar refractivity (Wildman–Crippen MR) is 74.3 cm³/mol. The standard InChI is InChI=1S/C13H14BrN3O/c1-9(14)13(18)15-8-10-2-4-11(5-3-10)12-6-7-16-17-12/h2-7,9H,8H2,1H3,(H,15,18)(H,16,17). The smallest absolute Gasteiger partial charge is 0.233 e. The molecule has 0 saturated heterocycles. The van der Waals surface area contributed by atoms with Crippen molar-refractivity contribution in [1.82, 2.24) is 15.5 Å². The number of carbonyl (C=O) groups excluding carboxylic acids is 1. The number of H-pyrrole nitrogens is 1. The van der Waals surface area contributed by atoms with Crippen molar-refractivity contribution in [1.29, 1.82) is 0 Å². The number of aromatic amines is 1. The van der Waals surface area contributed by atoms with Crippen LogP contribution in [-0.2, 0) is 11.3 Å². The molecular formula is C13H14BrN3O. The zero-order valence-electron chi connectivity index (χ0n) is 9.98. The first-order valence-electron chi connectivity index (χ1n) is 5.67. The number of hydrogen-bond acceptors (Lipinski definition) is 2. The van der Waals surface area contributed by atoms with Crippen molar-refractivity contribution in [2.75, 3.05) is 0 Å². The van der Waals surface area contributed by atoms with Crippen LogP contribution in [0.1, 0.15) is 12.5 Å². The van der Waals surface area contributed by atoms with Gasteiger partial charge in [-0.2, -0.15) is 5.10 Å². The quantitative estimate of drug-likeness (QED) is 0.853. The van der Waals surface area contributed by atoms with Crippen LogP contribution in [0.5, 0.6) is 0 Å². The second kappa shape index (κ2) is 5.82. The summed E-state index contributed by atoms with van der Waals surface area (Å²) in [6.07, 6.45) is 1.72. The van der Waals surface area contributed by atoms with E-state index in [4.69, 9.17) is 0 Å². The average Bonchev–Trinajstić information content (AvgIpc) is 2.90. The highest BCUT2D eigenvalue weighted by Crippen LogP contribution is 2.16. The van der Waals surface area contributed by atoms with E-state index in [1.54, 1.807) is 13.1 Å². The normalized spacial score (nSPS) is 12.1. The average molecular weight is 308 g/mol. The van der Waals surface area contributed by atoms with E-state index in [0.717, 1.165) is 16.8 Å². The molecule has 5 heteroatoms. The topological polar surface area (TPSA) is 57.8 Å². The molecule has 94 valence electrons. The lowest BCUT2D eigenvalue weighted by atomic mass is 10.1. The molecule has 0 radical (unpaired) electrons. The molecule has 18 heavy (non-hydrogen) atoms. The van der Waals surface area contributed by atoms with Crippen LogP contribution in [0, 0.1) is 0 Å². The van der Waals surface area contributed by atoms with Crippen molar-refractivity contribution in [3.05, 3.63) is 42.1 Å². The lowest BCUT2D eigenvalue weighted by molar-refractivity contribution is -0.120.